The lowest BCUT2D eigenvalue weighted by Crippen LogP contribution is -2.43. The van der Waals surface area contributed by atoms with Gasteiger partial charge in [0.15, 0.2) is 0 Å². The molecule has 0 aromatic carbocycles. The van der Waals surface area contributed by atoms with Crippen molar-refractivity contribution >= 4 is 11.3 Å². The number of ether oxygens (including phenoxy) is 1. The van der Waals surface area contributed by atoms with Crippen molar-refractivity contribution < 1.29 is 9.84 Å². The van der Waals surface area contributed by atoms with E-state index in [0.29, 0.717) is 12.5 Å². The molecule has 0 saturated carbocycles. The second-order valence-corrected chi connectivity index (χ2v) is 5.63. The molecule has 17 heavy (non-hydrogen) atoms. The van der Waals surface area contributed by atoms with Crippen LogP contribution in [0.5, 0.6) is 0 Å². The highest BCUT2D eigenvalue weighted by Gasteiger charge is 2.20. The summed E-state index contributed by atoms with van der Waals surface area (Å²) in [6, 6.07) is 0. The van der Waals surface area contributed by atoms with E-state index in [1.807, 2.05) is 0 Å². The van der Waals surface area contributed by atoms with Gasteiger partial charge in [-0.3, -0.25) is 4.90 Å². The highest BCUT2D eigenvalue weighted by atomic mass is 32.1. The summed E-state index contributed by atoms with van der Waals surface area (Å²) < 4.78 is 5.43. The van der Waals surface area contributed by atoms with Gasteiger partial charge >= 0.3 is 0 Å². The Labute approximate surface area is 106 Å². The van der Waals surface area contributed by atoms with E-state index >= 15 is 0 Å². The molecule has 1 fully saturated rings. The van der Waals surface area contributed by atoms with Crippen LogP contribution in [0.4, 0.5) is 0 Å². The summed E-state index contributed by atoms with van der Waals surface area (Å²) in [7, 11) is 0. The maximum atomic E-state index is 9.09. The number of aromatic nitrogens is 1. The number of hydrogen-bond donors (Lipinski definition) is 1. The van der Waals surface area contributed by atoms with E-state index in [-0.39, 0.29) is 12.7 Å². The van der Waals surface area contributed by atoms with E-state index < -0.39 is 0 Å². The zero-order valence-electron chi connectivity index (χ0n) is 10.4. The topological polar surface area (TPSA) is 45.6 Å². The number of thiazole rings is 1. The van der Waals surface area contributed by atoms with Gasteiger partial charge in [-0.15, -0.1) is 11.3 Å². The van der Waals surface area contributed by atoms with Crippen LogP contribution in [-0.2, 0) is 11.3 Å². The smallest absolute Gasteiger partial charge is 0.0954 e. The molecule has 0 spiro atoms. The Morgan fingerprint density at radius 1 is 1.65 bits per heavy atom. The molecule has 2 heterocycles. The Bertz CT molecular complexity index is 354. The fourth-order valence-corrected chi connectivity index (χ4v) is 2.75. The first-order chi connectivity index (χ1) is 8.19. The third-order valence-electron chi connectivity index (χ3n) is 2.88. The predicted octanol–water partition coefficient (Wildman–Crippen LogP) is 1.46. The third kappa shape index (κ3) is 3.48. The summed E-state index contributed by atoms with van der Waals surface area (Å²) >= 11 is 1.73. The van der Waals surface area contributed by atoms with Gasteiger partial charge in [-0.1, -0.05) is 13.8 Å². The average molecular weight is 256 g/mol. The number of aliphatic hydroxyl groups excluding tert-OH is 1. The first-order valence-corrected chi connectivity index (χ1v) is 6.96. The second kappa shape index (κ2) is 5.91. The summed E-state index contributed by atoms with van der Waals surface area (Å²) in [4.78, 5) is 6.92. The van der Waals surface area contributed by atoms with Crippen LogP contribution in [0.3, 0.4) is 0 Å². The van der Waals surface area contributed by atoms with E-state index in [9.17, 15) is 0 Å². The molecule has 0 bridgehead atoms. The first kappa shape index (κ1) is 13.0. The second-order valence-electron chi connectivity index (χ2n) is 4.74. The van der Waals surface area contributed by atoms with Gasteiger partial charge in [0.25, 0.3) is 0 Å². The van der Waals surface area contributed by atoms with Gasteiger partial charge in [-0.05, 0) is 0 Å². The Morgan fingerprint density at radius 3 is 3.12 bits per heavy atom. The normalized spacial score (nSPS) is 22.2. The van der Waals surface area contributed by atoms with Crippen LogP contribution in [0, 0.1) is 0 Å². The first-order valence-electron chi connectivity index (χ1n) is 6.08. The zero-order valence-corrected chi connectivity index (χ0v) is 11.2. The molecule has 0 aliphatic carbocycles. The zero-order chi connectivity index (χ0) is 12.3. The Balaban J connectivity index is 1.91. The van der Waals surface area contributed by atoms with Crippen molar-refractivity contribution in [1.29, 1.82) is 0 Å². The van der Waals surface area contributed by atoms with Gasteiger partial charge in [0.2, 0.25) is 0 Å². The maximum Gasteiger partial charge on any atom is 0.0954 e. The van der Waals surface area contributed by atoms with Crippen molar-refractivity contribution in [2.75, 3.05) is 26.3 Å². The van der Waals surface area contributed by atoms with Crippen molar-refractivity contribution in [3.8, 4) is 0 Å². The molecule has 1 saturated heterocycles. The van der Waals surface area contributed by atoms with Gasteiger partial charge < -0.3 is 9.84 Å². The standard InChI is InChI=1S/C12H20N2O2S/c1-9(2)12-13-10(8-17-12)5-14-3-4-16-11(6-14)7-15/h8-9,11,15H,3-7H2,1-2H3. The summed E-state index contributed by atoms with van der Waals surface area (Å²) in [5.41, 5.74) is 1.14. The summed E-state index contributed by atoms with van der Waals surface area (Å²) in [5.74, 6) is 0.503. The summed E-state index contributed by atoms with van der Waals surface area (Å²) in [6.45, 7) is 7.72. The Morgan fingerprint density at radius 2 is 2.47 bits per heavy atom. The molecule has 96 valence electrons. The van der Waals surface area contributed by atoms with Crippen LogP contribution in [0.15, 0.2) is 5.38 Å². The lowest BCUT2D eigenvalue weighted by atomic mass is 10.2. The van der Waals surface area contributed by atoms with Crippen LogP contribution in [0.25, 0.3) is 0 Å². The fourth-order valence-electron chi connectivity index (χ4n) is 1.92. The molecule has 1 aromatic rings. The minimum Gasteiger partial charge on any atom is -0.394 e. The van der Waals surface area contributed by atoms with E-state index in [2.05, 4.69) is 29.1 Å². The number of rotatable bonds is 4. The van der Waals surface area contributed by atoms with Crippen molar-refractivity contribution in [3.05, 3.63) is 16.1 Å². The molecule has 1 unspecified atom stereocenters. The van der Waals surface area contributed by atoms with Gasteiger partial charge in [-0.2, -0.15) is 0 Å². The van der Waals surface area contributed by atoms with E-state index in [1.54, 1.807) is 11.3 Å². The quantitative estimate of drug-likeness (QED) is 0.886. The van der Waals surface area contributed by atoms with Crippen LogP contribution in [0.2, 0.25) is 0 Å². The molecule has 1 aliphatic rings. The van der Waals surface area contributed by atoms with Crippen molar-refractivity contribution in [2.24, 2.45) is 0 Å². The monoisotopic (exact) mass is 256 g/mol. The van der Waals surface area contributed by atoms with Crippen molar-refractivity contribution in [2.45, 2.75) is 32.4 Å². The molecule has 4 nitrogen and oxygen atoms in total. The molecule has 0 radical (unpaired) electrons. The van der Waals surface area contributed by atoms with Crippen LogP contribution >= 0.6 is 11.3 Å². The molecule has 0 amide bonds. The molecule has 1 aliphatic heterocycles. The van der Waals surface area contributed by atoms with Gasteiger partial charge in [0, 0.05) is 30.9 Å². The minimum absolute atomic E-state index is 0.0352. The van der Waals surface area contributed by atoms with E-state index in [1.165, 1.54) is 5.01 Å². The Hall–Kier alpha value is -0.490. The predicted molar refractivity (Wildman–Crippen MR) is 68.3 cm³/mol. The van der Waals surface area contributed by atoms with Crippen LogP contribution in [-0.4, -0.2) is 47.4 Å². The third-order valence-corrected chi connectivity index (χ3v) is 4.07. The number of nitrogens with zero attached hydrogens (tertiary/aromatic N) is 2. The summed E-state index contributed by atoms with van der Waals surface area (Å²) in [6.07, 6.45) is -0.0352. The van der Waals surface area contributed by atoms with E-state index in [0.717, 1.165) is 25.3 Å². The van der Waals surface area contributed by atoms with Crippen LogP contribution < -0.4 is 0 Å². The SMILES string of the molecule is CC(C)c1nc(CN2CCOC(CO)C2)cs1. The molecular formula is C12H20N2O2S. The molecule has 5 heteroatoms. The minimum atomic E-state index is -0.0352. The van der Waals surface area contributed by atoms with Gasteiger partial charge in [0.05, 0.1) is 30.0 Å². The Kier molecular flexibility index (Phi) is 4.50. The van der Waals surface area contributed by atoms with Gasteiger partial charge in [0.1, 0.15) is 0 Å². The fraction of sp³-hybridized carbons (Fsp3) is 0.750. The van der Waals surface area contributed by atoms with Crippen LogP contribution in [0.1, 0.15) is 30.5 Å². The molecule has 1 N–H and O–H groups in total. The molecule has 1 atom stereocenters. The molecule has 2 rings (SSSR count). The summed E-state index contributed by atoms with van der Waals surface area (Å²) in [5, 5.41) is 12.4. The number of morpholine rings is 1. The number of hydrogen-bond acceptors (Lipinski definition) is 5. The van der Waals surface area contributed by atoms with Crippen molar-refractivity contribution in [1.82, 2.24) is 9.88 Å². The van der Waals surface area contributed by atoms with Gasteiger partial charge in [-0.25, -0.2) is 4.98 Å². The lowest BCUT2D eigenvalue weighted by Gasteiger charge is -2.31. The molecule has 1 aromatic heterocycles. The maximum absolute atomic E-state index is 9.09. The highest BCUT2D eigenvalue weighted by Crippen LogP contribution is 2.20. The molecular weight excluding hydrogens is 236 g/mol. The lowest BCUT2D eigenvalue weighted by molar-refractivity contribution is -0.0553. The highest BCUT2D eigenvalue weighted by molar-refractivity contribution is 7.09. The number of aliphatic hydroxyl groups is 1. The average Bonchev–Trinajstić information content (AvgIpc) is 2.78. The van der Waals surface area contributed by atoms with Crippen molar-refractivity contribution in [3.63, 3.8) is 0 Å². The van der Waals surface area contributed by atoms with E-state index in [4.69, 9.17) is 9.84 Å². The largest absolute Gasteiger partial charge is 0.394 e.